The molecule has 0 radical (unpaired) electrons. The zero-order valence-corrected chi connectivity index (χ0v) is 30.0. The summed E-state index contributed by atoms with van der Waals surface area (Å²) in [6, 6.07) is 6.08. The molecule has 0 aliphatic carbocycles. The molecule has 0 unspecified atom stereocenters. The number of aryl methyl sites for hydroxylation is 1. The average Bonchev–Trinajstić information content (AvgIpc) is 3.82. The van der Waals surface area contributed by atoms with Crippen molar-refractivity contribution < 1.29 is 18.3 Å². The fraction of sp³-hybridized carbons (Fsp3) is 0.417. The molecular weight excluding hydrogens is 696 g/mol. The Morgan fingerprint density at radius 3 is 2.86 bits per heavy atom. The second-order valence-corrected chi connectivity index (χ2v) is 15.6. The third-order valence-corrected chi connectivity index (χ3v) is 11.8. The minimum absolute atomic E-state index is 0.0166. The van der Waals surface area contributed by atoms with E-state index in [1.54, 1.807) is 26.4 Å². The van der Waals surface area contributed by atoms with E-state index >= 15 is 4.39 Å². The summed E-state index contributed by atoms with van der Waals surface area (Å²) in [6.45, 7) is 5.56. The molecule has 2 fully saturated rings. The van der Waals surface area contributed by atoms with Crippen molar-refractivity contribution in [2.45, 2.75) is 51.1 Å². The van der Waals surface area contributed by atoms with Gasteiger partial charge < -0.3 is 20.3 Å². The molecule has 0 saturated carbocycles. The Morgan fingerprint density at radius 1 is 1.25 bits per heavy atom. The predicted molar refractivity (Wildman–Crippen MR) is 193 cm³/mol. The number of nitrogen functional groups attached to an aromatic ring is 1. The van der Waals surface area contributed by atoms with Crippen molar-refractivity contribution >= 4 is 60.8 Å². The number of carbonyl (C=O) groups excluding carboxylic acids is 1. The number of ether oxygens (including phenoxy) is 1. The van der Waals surface area contributed by atoms with E-state index in [1.165, 1.54) is 21.7 Å². The fourth-order valence-corrected chi connectivity index (χ4v) is 9.48. The maximum atomic E-state index is 17.2. The van der Waals surface area contributed by atoms with Gasteiger partial charge in [0.2, 0.25) is 0 Å². The van der Waals surface area contributed by atoms with Gasteiger partial charge in [-0.25, -0.2) is 13.6 Å². The number of aromatic nitrogens is 4. The molecule has 11 nitrogen and oxygen atoms in total. The van der Waals surface area contributed by atoms with E-state index in [0.717, 1.165) is 54.9 Å². The predicted octanol–water partition coefficient (Wildman–Crippen LogP) is 6.83. The molecule has 15 heteroatoms. The van der Waals surface area contributed by atoms with Crippen LogP contribution in [0.5, 0.6) is 6.01 Å². The summed E-state index contributed by atoms with van der Waals surface area (Å²) in [5.74, 6) is -0.346. The highest BCUT2D eigenvalue weighted by atomic mass is 35.5. The molecule has 3 aromatic heterocycles. The minimum Gasteiger partial charge on any atom is -0.461 e. The van der Waals surface area contributed by atoms with Gasteiger partial charge in [0.25, 0.3) is 0 Å². The van der Waals surface area contributed by atoms with Crippen LogP contribution in [0.15, 0.2) is 24.4 Å². The lowest BCUT2D eigenvalue weighted by Gasteiger charge is -2.31. The van der Waals surface area contributed by atoms with Crippen molar-refractivity contribution in [2.24, 2.45) is 5.92 Å². The largest absolute Gasteiger partial charge is 0.461 e. The molecule has 1 amide bonds. The zero-order valence-electron chi connectivity index (χ0n) is 28.5. The molecule has 0 bridgehead atoms. The van der Waals surface area contributed by atoms with Gasteiger partial charge in [0.15, 0.2) is 5.82 Å². The molecule has 3 aliphatic heterocycles. The summed E-state index contributed by atoms with van der Waals surface area (Å²) in [5, 5.41) is 15.2. The topological polar surface area (TPSA) is 129 Å². The number of hydrogen-bond acceptors (Lipinski definition) is 10. The van der Waals surface area contributed by atoms with Gasteiger partial charge in [0.1, 0.15) is 34.8 Å². The summed E-state index contributed by atoms with van der Waals surface area (Å²) in [4.78, 5) is 28.3. The van der Waals surface area contributed by atoms with Gasteiger partial charge in [-0.05, 0) is 62.3 Å². The maximum Gasteiger partial charge on any atom is 0.344 e. The first-order valence-corrected chi connectivity index (χ1v) is 18.2. The Balaban J connectivity index is 1.28. The highest BCUT2D eigenvalue weighted by Crippen LogP contribution is 2.46. The summed E-state index contributed by atoms with van der Waals surface area (Å²) >= 11 is 7.86. The van der Waals surface area contributed by atoms with E-state index < -0.39 is 11.6 Å². The van der Waals surface area contributed by atoms with Crippen LogP contribution < -0.4 is 15.4 Å². The van der Waals surface area contributed by atoms with Gasteiger partial charge in [0.05, 0.1) is 26.5 Å². The Hall–Kier alpha value is -4.58. The van der Waals surface area contributed by atoms with E-state index in [4.69, 9.17) is 27.1 Å². The third kappa shape index (κ3) is 5.53. The monoisotopic (exact) mass is 731 g/mol. The van der Waals surface area contributed by atoms with Crippen LogP contribution in [0.1, 0.15) is 49.4 Å². The Kier molecular flexibility index (Phi) is 8.27. The number of nitrogens with two attached hydrogens (primary N) is 1. The van der Waals surface area contributed by atoms with E-state index in [-0.39, 0.29) is 59.9 Å². The number of rotatable bonds is 5. The van der Waals surface area contributed by atoms with Crippen LogP contribution in [0, 0.1) is 28.9 Å². The van der Waals surface area contributed by atoms with Crippen LogP contribution in [-0.4, -0.2) is 81.5 Å². The highest BCUT2D eigenvalue weighted by Gasteiger charge is 2.48. The van der Waals surface area contributed by atoms with E-state index in [1.807, 2.05) is 4.90 Å². The average molecular weight is 732 g/mol. The Labute approximate surface area is 302 Å². The van der Waals surface area contributed by atoms with Gasteiger partial charge >= 0.3 is 12.0 Å². The van der Waals surface area contributed by atoms with Gasteiger partial charge in [0, 0.05) is 61.8 Å². The SMILES string of the molecule is C[C@H]1CN2CCC[C@@]2(COc2nc(N3CCCc4nn(C(=O)N(C)C)cc4C3)c3cc(Cl)c(-c4ccc(F)c5sc(N)c(C#N)c45)c(F)c3n2)C1. The van der Waals surface area contributed by atoms with Crippen LogP contribution in [0.4, 0.5) is 24.4 Å². The van der Waals surface area contributed by atoms with Gasteiger partial charge in [-0.15, -0.1) is 11.3 Å². The number of nitriles is 1. The smallest absolute Gasteiger partial charge is 0.344 e. The molecule has 6 heterocycles. The standard InChI is InChI=1S/C36H36ClF2N9O2S/c1-19-13-36(9-5-11-47(36)15-19)18-50-34-42-30-22(33(43-34)46-10-4-6-26-20(16-46)17-48(44-26)35(49)45(2)3)12-24(37)28(29(30)39)21-7-8-25(38)31-27(21)23(14-40)32(41)51-31/h7-8,12,17,19H,4-6,9-11,13,15-16,18,41H2,1-3H3/t19-,36+/m1/s1. The summed E-state index contributed by atoms with van der Waals surface area (Å²) < 4.78 is 40.1. The Morgan fingerprint density at radius 2 is 2.08 bits per heavy atom. The van der Waals surface area contributed by atoms with Crippen LogP contribution in [0.3, 0.4) is 0 Å². The number of fused-ring (bicyclic) bond motifs is 4. The van der Waals surface area contributed by atoms with E-state index in [2.05, 4.69) is 28.0 Å². The van der Waals surface area contributed by atoms with E-state index in [9.17, 15) is 14.4 Å². The van der Waals surface area contributed by atoms with E-state index in [0.29, 0.717) is 49.7 Å². The first kappa shape index (κ1) is 33.6. The van der Waals surface area contributed by atoms with Gasteiger partial charge in [-0.1, -0.05) is 24.6 Å². The molecule has 51 heavy (non-hydrogen) atoms. The minimum atomic E-state index is -0.748. The van der Waals surface area contributed by atoms with Crippen molar-refractivity contribution in [3.05, 3.63) is 57.9 Å². The first-order valence-electron chi connectivity index (χ1n) is 17.0. The number of benzene rings is 2. The van der Waals surface area contributed by atoms with Crippen LogP contribution >= 0.6 is 22.9 Å². The molecule has 2 aromatic carbocycles. The van der Waals surface area contributed by atoms with Crippen molar-refractivity contribution in [2.75, 3.05) is 51.0 Å². The second-order valence-electron chi connectivity index (χ2n) is 14.1. The maximum absolute atomic E-state index is 17.2. The van der Waals surface area contributed by atoms with Crippen molar-refractivity contribution in [1.29, 1.82) is 5.26 Å². The van der Waals surface area contributed by atoms with Crippen LogP contribution in [0.2, 0.25) is 5.02 Å². The molecule has 2 atom stereocenters. The van der Waals surface area contributed by atoms with Crippen LogP contribution in [0.25, 0.3) is 32.1 Å². The number of nitrogens with zero attached hydrogens (tertiary/aromatic N) is 8. The van der Waals surface area contributed by atoms with Gasteiger partial charge in [-0.2, -0.15) is 25.0 Å². The number of thiophene rings is 1. The van der Waals surface area contributed by atoms with Crippen molar-refractivity contribution in [3.8, 4) is 23.2 Å². The third-order valence-electron chi connectivity index (χ3n) is 10.5. The first-order chi connectivity index (χ1) is 24.5. The molecular formula is C36H36ClF2N9O2S. The summed E-state index contributed by atoms with van der Waals surface area (Å²) in [7, 11) is 3.34. The fourth-order valence-electron chi connectivity index (χ4n) is 8.24. The van der Waals surface area contributed by atoms with Crippen molar-refractivity contribution in [3.63, 3.8) is 0 Å². The lowest BCUT2D eigenvalue weighted by molar-refractivity contribution is 0.107. The second kappa shape index (κ2) is 12.6. The molecule has 5 aromatic rings. The molecule has 2 N–H and O–H groups in total. The zero-order chi connectivity index (χ0) is 35.8. The lowest BCUT2D eigenvalue weighted by atomic mass is 9.92. The molecule has 8 rings (SSSR count). The Bertz CT molecular complexity index is 2280. The van der Waals surface area contributed by atoms with Crippen LogP contribution in [-0.2, 0) is 13.0 Å². The number of anilines is 2. The normalized spacial score (nSPS) is 20.4. The number of amides is 1. The highest BCUT2D eigenvalue weighted by molar-refractivity contribution is 7.23. The number of halogens is 3. The lowest BCUT2D eigenvalue weighted by Crippen LogP contribution is -2.43. The summed E-state index contributed by atoms with van der Waals surface area (Å²) in [6.07, 6.45) is 6.17. The van der Waals surface area contributed by atoms with Crippen molar-refractivity contribution in [1.82, 2.24) is 29.5 Å². The molecule has 3 aliphatic rings. The molecule has 264 valence electrons. The molecule has 2 saturated heterocycles. The quantitative estimate of drug-likeness (QED) is 0.207. The number of hydrogen-bond donors (Lipinski definition) is 1. The number of carbonyl (C=O) groups is 1. The van der Waals surface area contributed by atoms with Gasteiger partial charge in [-0.3, -0.25) is 4.90 Å². The molecule has 0 spiro atoms. The summed E-state index contributed by atoms with van der Waals surface area (Å²) in [5.41, 5.74) is 7.91.